The molecule has 1 aromatic heterocycles. The van der Waals surface area contributed by atoms with E-state index >= 15 is 0 Å². The summed E-state index contributed by atoms with van der Waals surface area (Å²) in [5, 5.41) is 11.3. The van der Waals surface area contributed by atoms with E-state index in [-0.39, 0.29) is 27.6 Å². The van der Waals surface area contributed by atoms with Crippen molar-refractivity contribution in [2.24, 2.45) is 0 Å². The van der Waals surface area contributed by atoms with Crippen LogP contribution in [0.3, 0.4) is 0 Å². The number of aryl methyl sites for hydroxylation is 1. The Labute approximate surface area is 188 Å². The van der Waals surface area contributed by atoms with Gasteiger partial charge < -0.3 is 14.3 Å². The molecular formula is C24H19ClFNO5. The molecule has 1 atom stereocenters. The van der Waals surface area contributed by atoms with E-state index in [2.05, 4.69) is 0 Å². The van der Waals surface area contributed by atoms with Gasteiger partial charge in [0.1, 0.15) is 34.9 Å². The van der Waals surface area contributed by atoms with Crippen LogP contribution in [0.15, 0.2) is 64.6 Å². The topological polar surface area (TPSA) is 80.0 Å². The Morgan fingerprint density at radius 1 is 1.16 bits per heavy atom. The molecule has 0 radical (unpaired) electrons. The van der Waals surface area contributed by atoms with Crippen molar-refractivity contribution in [2.75, 3.05) is 11.5 Å². The lowest BCUT2D eigenvalue weighted by Gasteiger charge is -2.23. The minimum Gasteiger partial charge on any atom is -0.507 e. The summed E-state index contributed by atoms with van der Waals surface area (Å²) in [6, 6.07) is 12.0. The molecule has 32 heavy (non-hydrogen) atoms. The van der Waals surface area contributed by atoms with Crippen molar-refractivity contribution in [1.82, 2.24) is 0 Å². The lowest BCUT2D eigenvalue weighted by atomic mass is 9.99. The van der Waals surface area contributed by atoms with E-state index in [1.807, 2.05) is 6.92 Å². The fourth-order valence-electron chi connectivity index (χ4n) is 3.66. The Morgan fingerprint density at radius 3 is 2.50 bits per heavy atom. The van der Waals surface area contributed by atoms with Crippen LogP contribution in [-0.4, -0.2) is 23.4 Å². The van der Waals surface area contributed by atoms with Crippen molar-refractivity contribution in [3.63, 3.8) is 0 Å². The van der Waals surface area contributed by atoms with Crippen LogP contribution in [0.1, 0.15) is 30.0 Å². The summed E-state index contributed by atoms with van der Waals surface area (Å²) < 4.78 is 24.7. The average molecular weight is 456 g/mol. The molecule has 0 saturated carbocycles. The van der Waals surface area contributed by atoms with E-state index in [4.69, 9.17) is 20.8 Å². The lowest BCUT2D eigenvalue weighted by molar-refractivity contribution is -0.132. The average Bonchev–Trinajstić information content (AvgIpc) is 3.31. The summed E-state index contributed by atoms with van der Waals surface area (Å²) in [5.41, 5.74) is 0.230. The van der Waals surface area contributed by atoms with E-state index in [1.54, 1.807) is 25.1 Å². The smallest absolute Gasteiger partial charge is 0.300 e. The van der Waals surface area contributed by atoms with Gasteiger partial charge in [-0.25, -0.2) is 4.39 Å². The van der Waals surface area contributed by atoms with Crippen LogP contribution in [0.2, 0.25) is 5.02 Å². The highest BCUT2D eigenvalue weighted by molar-refractivity contribution is 6.51. The molecule has 1 aliphatic heterocycles. The number of hydrogen-bond acceptors (Lipinski definition) is 5. The molecule has 0 bridgehead atoms. The third kappa shape index (κ3) is 3.76. The number of halogens is 2. The van der Waals surface area contributed by atoms with E-state index < -0.39 is 29.3 Å². The number of carbonyl (C=O) groups excluding carboxylic acids is 2. The molecule has 8 heteroatoms. The van der Waals surface area contributed by atoms with Crippen molar-refractivity contribution in [3.05, 3.63) is 88.1 Å². The Morgan fingerprint density at radius 2 is 1.88 bits per heavy atom. The fraction of sp³-hybridized carbons (Fsp3) is 0.167. The summed E-state index contributed by atoms with van der Waals surface area (Å²) in [7, 11) is 0. The minimum atomic E-state index is -1.07. The number of furan rings is 1. The first-order valence-electron chi connectivity index (χ1n) is 9.87. The number of carbonyl (C=O) groups is 2. The van der Waals surface area contributed by atoms with Crippen LogP contribution in [0.5, 0.6) is 5.75 Å². The van der Waals surface area contributed by atoms with Gasteiger partial charge in [0.2, 0.25) is 0 Å². The predicted octanol–water partition coefficient (Wildman–Crippen LogP) is 5.41. The van der Waals surface area contributed by atoms with Gasteiger partial charge >= 0.3 is 0 Å². The minimum absolute atomic E-state index is 0.142. The third-order valence-electron chi connectivity index (χ3n) is 5.08. The molecular weight excluding hydrogens is 437 g/mol. The van der Waals surface area contributed by atoms with Crippen LogP contribution in [0, 0.1) is 12.7 Å². The lowest BCUT2D eigenvalue weighted by Crippen LogP contribution is -2.29. The summed E-state index contributed by atoms with van der Waals surface area (Å²) in [6.07, 6.45) is 0. The highest BCUT2D eigenvalue weighted by atomic mass is 35.5. The van der Waals surface area contributed by atoms with Gasteiger partial charge in [-0.3, -0.25) is 14.5 Å². The number of ketones is 1. The number of rotatable bonds is 5. The quantitative estimate of drug-likeness (QED) is 0.316. The van der Waals surface area contributed by atoms with Gasteiger partial charge in [0.15, 0.2) is 0 Å². The SMILES string of the molecule is CCOc1ccc(Cl)c(/C(O)=C2\C(=O)C(=O)N(c3ccc(F)cc3)C2c2ccc(C)o2)c1. The summed E-state index contributed by atoms with van der Waals surface area (Å²) in [6.45, 7) is 3.92. The second kappa shape index (κ2) is 8.51. The maximum absolute atomic E-state index is 13.5. The maximum Gasteiger partial charge on any atom is 0.300 e. The van der Waals surface area contributed by atoms with Gasteiger partial charge in [-0.2, -0.15) is 0 Å². The van der Waals surface area contributed by atoms with Crippen LogP contribution < -0.4 is 9.64 Å². The van der Waals surface area contributed by atoms with E-state index in [0.29, 0.717) is 18.1 Å². The fourth-order valence-corrected chi connectivity index (χ4v) is 3.86. The number of anilines is 1. The highest BCUT2D eigenvalue weighted by Gasteiger charge is 2.48. The van der Waals surface area contributed by atoms with Crippen molar-refractivity contribution < 1.29 is 28.2 Å². The molecule has 1 aliphatic rings. The molecule has 0 spiro atoms. The Kier molecular flexibility index (Phi) is 5.76. The second-order valence-electron chi connectivity index (χ2n) is 7.17. The van der Waals surface area contributed by atoms with E-state index in [1.165, 1.54) is 41.3 Å². The normalized spacial score (nSPS) is 17.8. The summed E-state index contributed by atoms with van der Waals surface area (Å²) >= 11 is 6.30. The van der Waals surface area contributed by atoms with Crippen LogP contribution in [0.4, 0.5) is 10.1 Å². The van der Waals surface area contributed by atoms with Gasteiger partial charge in [0.25, 0.3) is 11.7 Å². The number of nitrogens with zero attached hydrogens (tertiary/aromatic N) is 1. The van der Waals surface area contributed by atoms with Gasteiger partial charge in [-0.1, -0.05) is 11.6 Å². The molecule has 1 N–H and O–H groups in total. The van der Waals surface area contributed by atoms with Crippen LogP contribution in [0.25, 0.3) is 5.76 Å². The molecule has 1 fully saturated rings. The van der Waals surface area contributed by atoms with Gasteiger partial charge in [0, 0.05) is 11.3 Å². The van der Waals surface area contributed by atoms with Crippen molar-refractivity contribution in [1.29, 1.82) is 0 Å². The number of aliphatic hydroxyl groups excluding tert-OH is 1. The van der Waals surface area contributed by atoms with Crippen molar-refractivity contribution >= 4 is 34.7 Å². The van der Waals surface area contributed by atoms with Crippen LogP contribution in [-0.2, 0) is 9.59 Å². The molecule has 6 nitrogen and oxygen atoms in total. The third-order valence-corrected chi connectivity index (χ3v) is 5.41. The molecule has 1 amide bonds. The molecule has 1 saturated heterocycles. The first-order valence-corrected chi connectivity index (χ1v) is 10.2. The van der Waals surface area contributed by atoms with Gasteiger partial charge in [-0.15, -0.1) is 0 Å². The number of aliphatic hydroxyl groups is 1. The highest BCUT2D eigenvalue weighted by Crippen LogP contribution is 2.43. The first kappa shape index (κ1) is 21.6. The number of ether oxygens (including phenoxy) is 1. The summed E-state index contributed by atoms with van der Waals surface area (Å²) in [4.78, 5) is 27.3. The Balaban J connectivity index is 1.93. The zero-order chi connectivity index (χ0) is 23.0. The molecule has 2 heterocycles. The predicted molar refractivity (Wildman–Crippen MR) is 117 cm³/mol. The Hall–Kier alpha value is -3.58. The van der Waals surface area contributed by atoms with Gasteiger partial charge in [0.05, 0.1) is 17.2 Å². The molecule has 1 unspecified atom stereocenters. The first-order chi connectivity index (χ1) is 15.3. The van der Waals surface area contributed by atoms with E-state index in [0.717, 1.165) is 0 Å². The standard InChI is InChI=1S/C24H19ClFNO5/c1-3-31-16-9-10-18(25)17(12-16)22(28)20-21(19-11-4-13(2)32-19)27(24(30)23(20)29)15-7-5-14(26)6-8-15/h4-12,21,28H,3H2,1-2H3/b22-20+. The van der Waals surface area contributed by atoms with Crippen molar-refractivity contribution in [3.8, 4) is 5.75 Å². The maximum atomic E-state index is 13.5. The summed E-state index contributed by atoms with van der Waals surface area (Å²) in [5.74, 6) is -1.48. The van der Waals surface area contributed by atoms with Crippen molar-refractivity contribution in [2.45, 2.75) is 19.9 Å². The number of amides is 1. The molecule has 4 rings (SSSR count). The number of hydrogen-bond donors (Lipinski definition) is 1. The number of Topliss-reactive ketones (excluding diaryl/α,β-unsaturated/α-hetero) is 1. The second-order valence-corrected chi connectivity index (χ2v) is 7.58. The zero-order valence-electron chi connectivity index (χ0n) is 17.3. The number of benzene rings is 2. The van der Waals surface area contributed by atoms with Gasteiger partial charge in [-0.05, 0) is 68.4 Å². The Bertz CT molecular complexity index is 1230. The van der Waals surface area contributed by atoms with E-state index in [9.17, 15) is 19.1 Å². The molecule has 0 aliphatic carbocycles. The van der Waals surface area contributed by atoms with Crippen LogP contribution >= 0.6 is 11.6 Å². The molecule has 3 aromatic rings. The molecule has 2 aromatic carbocycles. The zero-order valence-corrected chi connectivity index (χ0v) is 18.0. The largest absolute Gasteiger partial charge is 0.507 e. The monoisotopic (exact) mass is 455 g/mol. The molecule has 164 valence electrons.